The van der Waals surface area contributed by atoms with Crippen LogP contribution in [0.3, 0.4) is 0 Å². The number of furan rings is 1. The van der Waals surface area contributed by atoms with E-state index in [0.29, 0.717) is 23.6 Å². The molecule has 3 rings (SSSR count). The van der Waals surface area contributed by atoms with Crippen molar-refractivity contribution in [3.05, 3.63) is 63.3 Å². The minimum Gasteiger partial charge on any atom is -0.459 e. The summed E-state index contributed by atoms with van der Waals surface area (Å²) in [5.41, 5.74) is 1.86. The first-order valence-corrected chi connectivity index (χ1v) is 9.35. The summed E-state index contributed by atoms with van der Waals surface area (Å²) in [6.07, 6.45) is -0.505. The Hall–Kier alpha value is -2.70. The lowest BCUT2D eigenvalue weighted by atomic mass is 10.1. The molecule has 0 fully saturated rings. The number of amides is 2. The van der Waals surface area contributed by atoms with Crippen molar-refractivity contribution in [1.82, 2.24) is 5.32 Å². The fourth-order valence-electron chi connectivity index (χ4n) is 2.80. The van der Waals surface area contributed by atoms with Gasteiger partial charge in [0.1, 0.15) is 12.4 Å². The van der Waals surface area contributed by atoms with Crippen molar-refractivity contribution in [2.45, 2.75) is 20.5 Å². The van der Waals surface area contributed by atoms with E-state index in [2.05, 4.69) is 10.6 Å². The Bertz CT molecular complexity index is 1030. The molecule has 0 aliphatic heterocycles. The number of rotatable bonds is 5. The summed E-state index contributed by atoms with van der Waals surface area (Å²) in [7, 11) is 0. The van der Waals surface area contributed by atoms with Gasteiger partial charge in [-0.25, -0.2) is 4.79 Å². The highest BCUT2D eigenvalue weighted by molar-refractivity contribution is 6.40. The van der Waals surface area contributed by atoms with Gasteiger partial charge in [0.2, 0.25) is 0 Å². The summed E-state index contributed by atoms with van der Waals surface area (Å²) in [5, 5.41) is 6.60. The van der Waals surface area contributed by atoms with Crippen molar-refractivity contribution in [3.63, 3.8) is 0 Å². The van der Waals surface area contributed by atoms with E-state index in [1.54, 1.807) is 44.2 Å². The number of carbonyl (C=O) groups is 2. The quantitative estimate of drug-likeness (QED) is 0.566. The van der Waals surface area contributed by atoms with Gasteiger partial charge in [0.05, 0.1) is 21.3 Å². The lowest BCUT2D eigenvalue weighted by Gasteiger charge is -2.09. The molecule has 0 saturated carbocycles. The number of carbonyl (C=O) groups excluding carboxylic acids is 2. The molecule has 2 aromatic carbocycles. The second-order valence-corrected chi connectivity index (χ2v) is 6.79. The van der Waals surface area contributed by atoms with Gasteiger partial charge < -0.3 is 19.8 Å². The molecule has 0 aliphatic rings. The van der Waals surface area contributed by atoms with E-state index in [0.717, 1.165) is 10.9 Å². The number of benzene rings is 2. The van der Waals surface area contributed by atoms with Gasteiger partial charge in [-0.15, -0.1) is 0 Å². The van der Waals surface area contributed by atoms with Crippen LogP contribution in [0.5, 0.6) is 0 Å². The predicted molar refractivity (Wildman–Crippen MR) is 109 cm³/mol. The minimum atomic E-state index is -0.505. The Morgan fingerprint density at radius 3 is 2.46 bits per heavy atom. The highest BCUT2D eigenvalue weighted by Gasteiger charge is 2.19. The maximum absolute atomic E-state index is 12.7. The Morgan fingerprint density at radius 2 is 1.79 bits per heavy atom. The van der Waals surface area contributed by atoms with Gasteiger partial charge in [0.25, 0.3) is 5.91 Å². The molecule has 0 radical (unpaired) electrons. The average molecular weight is 421 g/mol. The Morgan fingerprint density at radius 1 is 1.11 bits per heavy atom. The van der Waals surface area contributed by atoms with Crippen LogP contribution in [-0.2, 0) is 11.3 Å². The van der Waals surface area contributed by atoms with Crippen molar-refractivity contribution >= 4 is 51.9 Å². The summed E-state index contributed by atoms with van der Waals surface area (Å²) in [6, 6.07) is 10.2. The smallest absolute Gasteiger partial charge is 0.407 e. The minimum absolute atomic E-state index is 0.0540. The number of alkyl carbamates (subject to hydrolysis) is 1. The maximum atomic E-state index is 12.7. The summed E-state index contributed by atoms with van der Waals surface area (Å²) in [5.74, 6) is 0.147. The lowest BCUT2D eigenvalue weighted by molar-refractivity contribution is 0.102. The second kappa shape index (κ2) is 8.54. The largest absolute Gasteiger partial charge is 0.459 e. The van der Waals surface area contributed by atoms with Crippen LogP contribution in [0.25, 0.3) is 11.0 Å². The number of hydrogen-bond donors (Lipinski definition) is 2. The number of para-hydroxylation sites is 1. The van der Waals surface area contributed by atoms with E-state index in [1.807, 2.05) is 6.07 Å². The van der Waals surface area contributed by atoms with Crippen LogP contribution in [0.4, 0.5) is 10.5 Å². The monoisotopic (exact) mass is 420 g/mol. The Labute approximate surface area is 171 Å². The van der Waals surface area contributed by atoms with E-state index in [-0.39, 0.29) is 22.2 Å². The first-order chi connectivity index (χ1) is 13.4. The van der Waals surface area contributed by atoms with Gasteiger partial charge >= 0.3 is 6.09 Å². The third kappa shape index (κ3) is 4.08. The van der Waals surface area contributed by atoms with E-state index in [9.17, 15) is 9.59 Å². The van der Waals surface area contributed by atoms with Crippen LogP contribution in [0.2, 0.25) is 10.0 Å². The van der Waals surface area contributed by atoms with Crippen molar-refractivity contribution < 1.29 is 18.7 Å². The SMILES string of the molecule is CCNC(=O)OCc1c(C)oc2c(NC(=O)c3c(Cl)cccc3Cl)cccc12. The van der Waals surface area contributed by atoms with Crippen LogP contribution in [0.1, 0.15) is 28.6 Å². The fourth-order valence-corrected chi connectivity index (χ4v) is 3.37. The predicted octanol–water partition coefficient (Wildman–Crippen LogP) is 5.55. The van der Waals surface area contributed by atoms with E-state index in [4.69, 9.17) is 32.4 Å². The van der Waals surface area contributed by atoms with Crippen LogP contribution in [-0.4, -0.2) is 18.5 Å². The zero-order valence-corrected chi connectivity index (χ0v) is 16.8. The number of hydrogen-bond acceptors (Lipinski definition) is 4. The third-order valence-electron chi connectivity index (χ3n) is 4.13. The lowest BCUT2D eigenvalue weighted by Crippen LogP contribution is -2.23. The normalized spacial score (nSPS) is 10.7. The van der Waals surface area contributed by atoms with E-state index >= 15 is 0 Å². The first-order valence-electron chi connectivity index (χ1n) is 8.59. The molecule has 146 valence electrons. The molecule has 1 heterocycles. The van der Waals surface area contributed by atoms with Gasteiger partial charge in [0, 0.05) is 17.5 Å². The number of nitrogens with one attached hydrogen (secondary N) is 2. The fraction of sp³-hybridized carbons (Fsp3) is 0.200. The van der Waals surface area contributed by atoms with Crippen molar-refractivity contribution in [2.24, 2.45) is 0 Å². The van der Waals surface area contributed by atoms with Crippen LogP contribution < -0.4 is 10.6 Å². The molecule has 0 aliphatic carbocycles. The van der Waals surface area contributed by atoms with Crippen molar-refractivity contribution in [2.75, 3.05) is 11.9 Å². The second-order valence-electron chi connectivity index (χ2n) is 5.98. The van der Waals surface area contributed by atoms with Gasteiger partial charge in [-0.3, -0.25) is 4.79 Å². The van der Waals surface area contributed by atoms with Crippen molar-refractivity contribution in [3.8, 4) is 0 Å². The molecule has 0 bridgehead atoms. The summed E-state index contributed by atoms with van der Waals surface area (Å²) >= 11 is 12.2. The van der Waals surface area contributed by atoms with Gasteiger partial charge in [-0.2, -0.15) is 0 Å². The maximum Gasteiger partial charge on any atom is 0.407 e. The zero-order chi connectivity index (χ0) is 20.3. The number of ether oxygens (including phenoxy) is 1. The average Bonchev–Trinajstić information content (AvgIpc) is 2.96. The molecule has 0 unspecified atom stereocenters. The topological polar surface area (TPSA) is 80.6 Å². The number of anilines is 1. The number of aryl methyl sites for hydroxylation is 1. The van der Waals surface area contributed by atoms with Gasteiger partial charge in [0.15, 0.2) is 5.58 Å². The molecule has 1 aromatic heterocycles. The van der Waals surface area contributed by atoms with Gasteiger partial charge in [-0.05, 0) is 32.0 Å². The van der Waals surface area contributed by atoms with E-state index in [1.165, 1.54) is 0 Å². The molecule has 0 saturated heterocycles. The van der Waals surface area contributed by atoms with Crippen LogP contribution in [0.15, 0.2) is 40.8 Å². The molecule has 3 aromatic rings. The molecule has 0 atom stereocenters. The van der Waals surface area contributed by atoms with Gasteiger partial charge in [-0.1, -0.05) is 41.4 Å². The molecular weight excluding hydrogens is 403 g/mol. The number of halogens is 2. The summed E-state index contributed by atoms with van der Waals surface area (Å²) in [6.45, 7) is 4.11. The molecule has 2 amide bonds. The molecule has 0 spiro atoms. The Balaban J connectivity index is 1.90. The summed E-state index contributed by atoms with van der Waals surface area (Å²) < 4.78 is 11.0. The Kier molecular flexibility index (Phi) is 6.11. The zero-order valence-electron chi connectivity index (χ0n) is 15.3. The molecule has 6 nitrogen and oxygen atoms in total. The molecule has 2 N–H and O–H groups in total. The molecule has 8 heteroatoms. The molecule has 28 heavy (non-hydrogen) atoms. The highest BCUT2D eigenvalue weighted by Crippen LogP contribution is 2.33. The highest BCUT2D eigenvalue weighted by atomic mass is 35.5. The van der Waals surface area contributed by atoms with Crippen molar-refractivity contribution in [1.29, 1.82) is 0 Å². The standard InChI is InChI=1S/C20H18Cl2N2O4/c1-3-23-20(26)27-10-13-11(2)28-18-12(13)6-4-9-16(18)24-19(25)17-14(21)7-5-8-15(17)22/h4-9H,3,10H2,1-2H3,(H,23,26)(H,24,25). The van der Waals surface area contributed by atoms with E-state index < -0.39 is 12.0 Å². The molecular formula is C20H18Cl2N2O4. The number of fused-ring (bicyclic) bond motifs is 1. The first kappa shape index (κ1) is 20.0. The summed E-state index contributed by atoms with van der Waals surface area (Å²) in [4.78, 5) is 24.3. The van der Waals surface area contributed by atoms with Crippen LogP contribution >= 0.6 is 23.2 Å². The van der Waals surface area contributed by atoms with Crippen LogP contribution in [0, 0.1) is 6.92 Å². The third-order valence-corrected chi connectivity index (χ3v) is 4.76.